The number of nitrogens with zero attached hydrogens (tertiary/aromatic N) is 4. The molecule has 1 aliphatic carbocycles. The predicted octanol–water partition coefficient (Wildman–Crippen LogP) is 5.06. The zero-order chi connectivity index (χ0) is 31.8. The highest BCUT2D eigenvalue weighted by molar-refractivity contribution is 7.92. The summed E-state index contributed by atoms with van der Waals surface area (Å²) in [6.07, 6.45) is 7.21. The zero-order valence-electron chi connectivity index (χ0n) is 26.5. The molecule has 2 N–H and O–H groups in total. The van der Waals surface area contributed by atoms with Crippen molar-refractivity contribution in [2.45, 2.75) is 68.2 Å². The Hall–Kier alpha value is -3.80. The van der Waals surface area contributed by atoms with Crippen LogP contribution in [-0.4, -0.2) is 67.6 Å². The van der Waals surface area contributed by atoms with Crippen molar-refractivity contribution in [2.75, 3.05) is 43.6 Å². The van der Waals surface area contributed by atoms with E-state index in [1.807, 2.05) is 24.3 Å². The van der Waals surface area contributed by atoms with Gasteiger partial charge in [0, 0.05) is 67.9 Å². The van der Waals surface area contributed by atoms with Crippen LogP contribution < -0.4 is 21.1 Å². The van der Waals surface area contributed by atoms with Gasteiger partial charge in [-0.05, 0) is 105 Å². The lowest BCUT2D eigenvalue weighted by Gasteiger charge is -2.33. The van der Waals surface area contributed by atoms with Gasteiger partial charge in [0.15, 0.2) is 9.84 Å². The van der Waals surface area contributed by atoms with Gasteiger partial charge in [-0.25, -0.2) is 13.4 Å². The van der Waals surface area contributed by atoms with Crippen LogP contribution in [-0.2, 0) is 21.1 Å². The Morgan fingerprint density at radius 3 is 2.54 bits per heavy atom. The number of hydrogen-bond acceptors (Lipinski definition) is 9. The van der Waals surface area contributed by atoms with Crippen LogP contribution in [0.3, 0.4) is 0 Å². The number of benzene rings is 2. The van der Waals surface area contributed by atoms with E-state index < -0.39 is 15.1 Å². The van der Waals surface area contributed by atoms with E-state index in [4.69, 9.17) is 9.72 Å². The summed E-state index contributed by atoms with van der Waals surface area (Å²) in [6.45, 7) is 5.33. The summed E-state index contributed by atoms with van der Waals surface area (Å²) in [5.41, 5.74) is 4.11. The topological polar surface area (TPSA) is 118 Å². The number of aromatic nitrogens is 3. The first kappa shape index (κ1) is 30.8. The molecule has 4 aromatic rings. The number of pyridine rings is 1. The first-order valence-electron chi connectivity index (χ1n) is 16.4. The van der Waals surface area contributed by atoms with Crippen molar-refractivity contribution in [3.05, 3.63) is 70.6 Å². The molecule has 2 aliphatic heterocycles. The summed E-state index contributed by atoms with van der Waals surface area (Å²) in [4.78, 5) is 26.2. The van der Waals surface area contributed by atoms with Crippen LogP contribution in [0.4, 0.5) is 17.3 Å². The Kier molecular flexibility index (Phi) is 8.56. The van der Waals surface area contributed by atoms with E-state index in [0.29, 0.717) is 72.8 Å². The number of anilines is 3. The standard InChI is InChI=1S/C35H42N6O4S/c1-23-30(6-3-7-32(23)46(43,44)29-14-17-45-18-15-29)31-19-25-20-37-35(39-33(25)41(34(31)42)22-24-8-9-24)38-26-10-12-27(13-11-26)40(2)28-5-4-16-36-21-28/h3,6-7,10-13,19-20,24,28-29,36H,4-5,8-9,14-18,21-22H2,1-2H3,(H,37,38,39). The average Bonchev–Trinajstić information content (AvgIpc) is 3.91. The number of piperidine rings is 1. The van der Waals surface area contributed by atoms with Crippen molar-refractivity contribution in [1.82, 2.24) is 19.9 Å². The minimum atomic E-state index is -3.57. The molecule has 46 heavy (non-hydrogen) atoms. The van der Waals surface area contributed by atoms with Gasteiger partial charge in [0.05, 0.1) is 10.1 Å². The van der Waals surface area contributed by atoms with Crippen molar-refractivity contribution in [3.8, 4) is 11.1 Å². The molecule has 0 spiro atoms. The van der Waals surface area contributed by atoms with Gasteiger partial charge in [-0.15, -0.1) is 0 Å². The normalized spacial score (nSPS) is 19.3. The summed E-state index contributed by atoms with van der Waals surface area (Å²) in [7, 11) is -1.43. The molecule has 1 atom stereocenters. The van der Waals surface area contributed by atoms with Crippen molar-refractivity contribution in [1.29, 1.82) is 0 Å². The van der Waals surface area contributed by atoms with Crippen LogP contribution >= 0.6 is 0 Å². The first-order chi connectivity index (χ1) is 22.3. The second-order valence-corrected chi connectivity index (χ2v) is 15.2. The van der Waals surface area contributed by atoms with Gasteiger partial charge in [-0.3, -0.25) is 9.36 Å². The van der Waals surface area contributed by atoms with Crippen molar-refractivity contribution in [2.24, 2.45) is 5.92 Å². The van der Waals surface area contributed by atoms with E-state index in [1.54, 1.807) is 29.8 Å². The molecular weight excluding hydrogens is 600 g/mol. The molecule has 10 nitrogen and oxygen atoms in total. The minimum Gasteiger partial charge on any atom is -0.381 e. The van der Waals surface area contributed by atoms with Gasteiger partial charge in [0.25, 0.3) is 5.56 Å². The Balaban J connectivity index is 1.21. The quantitative estimate of drug-likeness (QED) is 0.258. The molecule has 7 rings (SSSR count). The predicted molar refractivity (Wildman–Crippen MR) is 182 cm³/mol. The van der Waals surface area contributed by atoms with Gasteiger partial charge in [-0.2, -0.15) is 4.98 Å². The maximum Gasteiger partial charge on any atom is 0.260 e. The van der Waals surface area contributed by atoms with Crippen molar-refractivity contribution >= 4 is 38.2 Å². The first-order valence-corrected chi connectivity index (χ1v) is 18.0. The van der Waals surface area contributed by atoms with E-state index in [9.17, 15) is 13.2 Å². The molecular formula is C35H42N6O4S. The fourth-order valence-corrected chi connectivity index (χ4v) is 8.78. The lowest BCUT2D eigenvalue weighted by molar-refractivity contribution is 0.0983. The van der Waals surface area contributed by atoms with Crippen molar-refractivity contribution in [3.63, 3.8) is 0 Å². The number of sulfone groups is 1. The van der Waals surface area contributed by atoms with Gasteiger partial charge in [0.2, 0.25) is 5.95 Å². The third-order valence-corrected chi connectivity index (χ3v) is 12.2. The SMILES string of the molecule is Cc1c(-c2cc3cnc(Nc4ccc(N(C)C5CCCNC5)cc4)nc3n(CC3CC3)c2=O)cccc1S(=O)(=O)C1CCOCC1. The Morgan fingerprint density at radius 2 is 1.83 bits per heavy atom. The van der Waals surface area contributed by atoms with Crippen LogP contribution in [0, 0.1) is 12.8 Å². The third-order valence-electron chi connectivity index (χ3n) is 9.80. The summed E-state index contributed by atoms with van der Waals surface area (Å²) in [5, 5.41) is 7.06. The van der Waals surface area contributed by atoms with Gasteiger partial charge in [0.1, 0.15) is 5.65 Å². The molecule has 0 amide bonds. The van der Waals surface area contributed by atoms with Crippen LogP contribution in [0.2, 0.25) is 0 Å². The largest absolute Gasteiger partial charge is 0.381 e. The van der Waals surface area contributed by atoms with Crippen LogP contribution in [0.1, 0.15) is 44.1 Å². The lowest BCUT2D eigenvalue weighted by Crippen LogP contribution is -2.44. The number of likely N-dealkylation sites (N-methyl/N-ethyl adjacent to an activating group) is 1. The van der Waals surface area contributed by atoms with E-state index in [2.05, 4.69) is 39.7 Å². The second kappa shape index (κ2) is 12.8. The molecule has 4 heterocycles. The highest BCUT2D eigenvalue weighted by Crippen LogP contribution is 2.34. The molecule has 3 aliphatic rings. The summed E-state index contributed by atoms with van der Waals surface area (Å²) >= 11 is 0. The molecule has 1 saturated carbocycles. The second-order valence-electron chi connectivity index (χ2n) is 13.0. The number of nitrogens with one attached hydrogen (secondary N) is 2. The lowest BCUT2D eigenvalue weighted by atomic mass is 10.0. The Bertz CT molecular complexity index is 1890. The molecule has 0 bridgehead atoms. The highest BCUT2D eigenvalue weighted by Gasteiger charge is 2.32. The molecule has 0 radical (unpaired) electrons. The summed E-state index contributed by atoms with van der Waals surface area (Å²) in [6, 6.07) is 15.8. The number of hydrogen-bond donors (Lipinski definition) is 2. The molecule has 2 saturated heterocycles. The Labute approximate surface area is 270 Å². The molecule has 11 heteroatoms. The maximum atomic E-state index is 14.2. The number of ether oxygens (including phenoxy) is 1. The zero-order valence-corrected chi connectivity index (χ0v) is 27.4. The highest BCUT2D eigenvalue weighted by atomic mass is 32.2. The summed E-state index contributed by atoms with van der Waals surface area (Å²) in [5.74, 6) is 0.843. The van der Waals surface area contributed by atoms with E-state index in [1.165, 1.54) is 12.8 Å². The third kappa shape index (κ3) is 6.15. The smallest absolute Gasteiger partial charge is 0.260 e. The molecule has 242 valence electrons. The van der Waals surface area contributed by atoms with Crippen molar-refractivity contribution < 1.29 is 13.2 Å². The van der Waals surface area contributed by atoms with Crippen LogP contribution in [0.15, 0.2) is 64.4 Å². The molecule has 2 aromatic carbocycles. The van der Waals surface area contributed by atoms with E-state index in [-0.39, 0.29) is 10.5 Å². The number of fused-ring (bicyclic) bond motifs is 1. The van der Waals surface area contributed by atoms with Crippen LogP contribution in [0.25, 0.3) is 22.2 Å². The molecule has 2 aromatic heterocycles. The molecule has 1 unspecified atom stereocenters. The van der Waals surface area contributed by atoms with Gasteiger partial charge in [-0.1, -0.05) is 12.1 Å². The monoisotopic (exact) mass is 642 g/mol. The number of rotatable bonds is 9. The van der Waals surface area contributed by atoms with Gasteiger partial charge < -0.3 is 20.3 Å². The maximum absolute atomic E-state index is 14.2. The average molecular weight is 643 g/mol. The summed E-state index contributed by atoms with van der Waals surface area (Å²) < 4.78 is 34.5. The van der Waals surface area contributed by atoms with Crippen LogP contribution in [0.5, 0.6) is 0 Å². The fraction of sp³-hybridized carbons (Fsp3) is 0.457. The van der Waals surface area contributed by atoms with E-state index in [0.717, 1.165) is 42.7 Å². The fourth-order valence-electron chi connectivity index (χ4n) is 6.80. The molecule has 3 fully saturated rings. The minimum absolute atomic E-state index is 0.169. The van der Waals surface area contributed by atoms with Gasteiger partial charge >= 0.3 is 0 Å². The Morgan fingerprint density at radius 1 is 1.04 bits per heavy atom. The van der Waals surface area contributed by atoms with E-state index >= 15 is 0 Å².